The number of morpholine rings is 1. The SMILES string of the molecule is CCNC(=NCCC(CC)N1CCCC1=O)N1CCOC(c2ccc(C)cc2C)C1. The average molecular weight is 415 g/mol. The van der Waals surface area contributed by atoms with Gasteiger partial charge in [0.25, 0.3) is 0 Å². The van der Waals surface area contributed by atoms with Crippen LogP contribution in [-0.2, 0) is 9.53 Å². The maximum Gasteiger partial charge on any atom is 0.222 e. The third-order valence-corrected chi connectivity index (χ3v) is 6.22. The molecule has 2 atom stereocenters. The maximum atomic E-state index is 12.1. The normalized spacial score (nSPS) is 21.3. The third kappa shape index (κ3) is 5.54. The van der Waals surface area contributed by atoms with Crippen LogP contribution in [0.15, 0.2) is 23.2 Å². The molecular weight excluding hydrogens is 376 g/mol. The van der Waals surface area contributed by atoms with Crippen molar-refractivity contribution in [2.45, 2.75) is 65.5 Å². The van der Waals surface area contributed by atoms with E-state index in [-0.39, 0.29) is 6.10 Å². The lowest BCUT2D eigenvalue weighted by atomic mass is 10.00. The van der Waals surface area contributed by atoms with Crippen molar-refractivity contribution >= 4 is 11.9 Å². The van der Waals surface area contributed by atoms with Crippen LogP contribution in [0.5, 0.6) is 0 Å². The van der Waals surface area contributed by atoms with Gasteiger partial charge in [0, 0.05) is 38.6 Å². The van der Waals surface area contributed by atoms with E-state index in [9.17, 15) is 4.79 Å². The summed E-state index contributed by atoms with van der Waals surface area (Å²) in [5.41, 5.74) is 3.82. The summed E-state index contributed by atoms with van der Waals surface area (Å²) in [6.07, 6.45) is 3.67. The first-order valence-electron chi connectivity index (χ1n) is 11.5. The molecule has 1 N–H and O–H groups in total. The van der Waals surface area contributed by atoms with Crippen LogP contribution in [0.25, 0.3) is 0 Å². The van der Waals surface area contributed by atoms with Gasteiger partial charge in [0.15, 0.2) is 5.96 Å². The number of amides is 1. The molecule has 1 aromatic rings. The molecule has 0 aromatic heterocycles. The van der Waals surface area contributed by atoms with Crippen molar-refractivity contribution in [3.63, 3.8) is 0 Å². The molecule has 2 aliphatic rings. The smallest absolute Gasteiger partial charge is 0.222 e. The van der Waals surface area contributed by atoms with Crippen molar-refractivity contribution in [2.75, 3.05) is 39.3 Å². The topological polar surface area (TPSA) is 57.2 Å². The van der Waals surface area contributed by atoms with Gasteiger partial charge in [0.2, 0.25) is 5.91 Å². The van der Waals surface area contributed by atoms with Crippen LogP contribution < -0.4 is 5.32 Å². The molecule has 1 aromatic carbocycles. The molecular formula is C24H38N4O2. The van der Waals surface area contributed by atoms with Gasteiger partial charge >= 0.3 is 0 Å². The van der Waals surface area contributed by atoms with Crippen LogP contribution in [0.2, 0.25) is 0 Å². The van der Waals surface area contributed by atoms with Crippen molar-refractivity contribution in [2.24, 2.45) is 4.99 Å². The Labute approximate surface area is 181 Å². The largest absolute Gasteiger partial charge is 0.370 e. The molecule has 0 bridgehead atoms. The number of benzene rings is 1. The summed E-state index contributed by atoms with van der Waals surface area (Å²) in [5.74, 6) is 1.26. The van der Waals surface area contributed by atoms with E-state index in [4.69, 9.17) is 9.73 Å². The van der Waals surface area contributed by atoms with Crippen LogP contribution in [0, 0.1) is 13.8 Å². The van der Waals surface area contributed by atoms with Gasteiger partial charge in [0.05, 0.1) is 13.2 Å². The van der Waals surface area contributed by atoms with Gasteiger partial charge in [0.1, 0.15) is 6.10 Å². The summed E-state index contributed by atoms with van der Waals surface area (Å²) in [4.78, 5) is 21.4. The Kier molecular flexibility index (Phi) is 8.14. The van der Waals surface area contributed by atoms with Crippen molar-refractivity contribution < 1.29 is 9.53 Å². The highest BCUT2D eigenvalue weighted by Crippen LogP contribution is 2.26. The van der Waals surface area contributed by atoms with Gasteiger partial charge in [-0.05, 0) is 51.2 Å². The number of ether oxygens (including phenoxy) is 1. The number of nitrogens with zero attached hydrogens (tertiary/aromatic N) is 3. The molecule has 166 valence electrons. The number of rotatable bonds is 7. The predicted octanol–water partition coefficient (Wildman–Crippen LogP) is 3.43. The molecule has 2 unspecified atom stereocenters. The van der Waals surface area contributed by atoms with Gasteiger partial charge in [-0.3, -0.25) is 9.79 Å². The number of carbonyl (C=O) groups is 1. The highest BCUT2D eigenvalue weighted by molar-refractivity contribution is 5.80. The number of aryl methyl sites for hydroxylation is 2. The molecule has 0 aliphatic carbocycles. The molecule has 2 saturated heterocycles. The molecule has 2 heterocycles. The van der Waals surface area contributed by atoms with Gasteiger partial charge < -0.3 is 19.9 Å². The number of aliphatic imine (C=N–C) groups is 1. The van der Waals surface area contributed by atoms with Gasteiger partial charge in [-0.1, -0.05) is 30.7 Å². The van der Waals surface area contributed by atoms with Gasteiger partial charge in [-0.2, -0.15) is 0 Å². The summed E-state index contributed by atoms with van der Waals surface area (Å²) >= 11 is 0. The zero-order valence-corrected chi connectivity index (χ0v) is 19.1. The minimum atomic E-state index is 0.0637. The van der Waals surface area contributed by atoms with E-state index in [0.29, 0.717) is 25.0 Å². The number of carbonyl (C=O) groups excluding carboxylic acids is 1. The molecule has 2 fully saturated rings. The first-order valence-corrected chi connectivity index (χ1v) is 11.5. The van der Waals surface area contributed by atoms with E-state index in [1.807, 2.05) is 0 Å². The molecule has 30 heavy (non-hydrogen) atoms. The standard InChI is InChI=1S/C24H38N4O2/c1-5-20(28-13-7-8-23(28)29)11-12-26-24(25-6-2)27-14-15-30-22(17-27)21-10-9-18(3)16-19(21)4/h9-10,16,20,22H,5-8,11-15,17H2,1-4H3,(H,25,26). The summed E-state index contributed by atoms with van der Waals surface area (Å²) in [7, 11) is 0. The fraction of sp³-hybridized carbons (Fsp3) is 0.667. The molecule has 0 saturated carbocycles. The second-order valence-corrected chi connectivity index (χ2v) is 8.44. The Morgan fingerprint density at radius 3 is 2.80 bits per heavy atom. The quantitative estimate of drug-likeness (QED) is 0.549. The minimum Gasteiger partial charge on any atom is -0.370 e. The third-order valence-electron chi connectivity index (χ3n) is 6.22. The fourth-order valence-corrected chi connectivity index (χ4v) is 4.60. The Balaban J connectivity index is 1.64. The number of nitrogens with one attached hydrogen (secondary N) is 1. The molecule has 0 spiro atoms. The van der Waals surface area contributed by atoms with E-state index < -0.39 is 0 Å². The molecule has 0 radical (unpaired) electrons. The summed E-state index contributed by atoms with van der Waals surface area (Å²) < 4.78 is 6.11. The first kappa shape index (κ1) is 22.6. The van der Waals surface area contributed by atoms with Gasteiger partial charge in [-0.25, -0.2) is 0 Å². The first-order chi connectivity index (χ1) is 14.5. The predicted molar refractivity (Wildman–Crippen MR) is 122 cm³/mol. The van der Waals surface area contributed by atoms with Crippen LogP contribution in [0.3, 0.4) is 0 Å². The van der Waals surface area contributed by atoms with Gasteiger partial charge in [-0.15, -0.1) is 0 Å². The maximum absolute atomic E-state index is 12.1. The molecule has 6 heteroatoms. The highest BCUT2D eigenvalue weighted by Gasteiger charge is 2.27. The summed E-state index contributed by atoms with van der Waals surface area (Å²) in [6, 6.07) is 6.89. The summed E-state index contributed by atoms with van der Waals surface area (Å²) in [5, 5.41) is 3.46. The Morgan fingerprint density at radius 1 is 1.30 bits per heavy atom. The second kappa shape index (κ2) is 10.8. The van der Waals surface area contributed by atoms with E-state index in [1.54, 1.807) is 0 Å². The van der Waals surface area contributed by atoms with Crippen LogP contribution in [-0.4, -0.2) is 67.0 Å². The Morgan fingerprint density at radius 2 is 2.13 bits per heavy atom. The number of hydrogen-bond acceptors (Lipinski definition) is 3. The number of likely N-dealkylation sites (tertiary alicyclic amines) is 1. The van der Waals surface area contributed by atoms with Crippen LogP contribution in [0.1, 0.15) is 62.3 Å². The van der Waals surface area contributed by atoms with Crippen molar-refractivity contribution in [3.05, 3.63) is 34.9 Å². The molecule has 2 aliphatic heterocycles. The van der Waals surface area contributed by atoms with Crippen LogP contribution in [0.4, 0.5) is 0 Å². The van der Waals surface area contributed by atoms with E-state index >= 15 is 0 Å². The lowest BCUT2D eigenvalue weighted by molar-refractivity contribution is -0.129. The lowest BCUT2D eigenvalue weighted by Crippen LogP contribution is -2.48. The van der Waals surface area contributed by atoms with E-state index in [0.717, 1.165) is 57.9 Å². The second-order valence-electron chi connectivity index (χ2n) is 8.44. The number of guanidine groups is 1. The van der Waals surface area contributed by atoms with Crippen molar-refractivity contribution in [1.82, 2.24) is 15.1 Å². The fourth-order valence-electron chi connectivity index (χ4n) is 4.60. The zero-order valence-electron chi connectivity index (χ0n) is 19.1. The monoisotopic (exact) mass is 414 g/mol. The van der Waals surface area contributed by atoms with E-state index in [1.165, 1.54) is 16.7 Å². The number of hydrogen-bond donors (Lipinski definition) is 1. The zero-order chi connectivity index (χ0) is 21.5. The van der Waals surface area contributed by atoms with E-state index in [2.05, 4.69) is 61.0 Å². The van der Waals surface area contributed by atoms with Crippen molar-refractivity contribution in [1.29, 1.82) is 0 Å². The Hall–Kier alpha value is -2.08. The molecule has 1 amide bonds. The lowest BCUT2D eigenvalue weighted by Gasteiger charge is -2.36. The Bertz CT molecular complexity index is 749. The average Bonchev–Trinajstić information content (AvgIpc) is 3.16. The molecule has 6 nitrogen and oxygen atoms in total. The minimum absolute atomic E-state index is 0.0637. The van der Waals surface area contributed by atoms with Crippen LogP contribution >= 0.6 is 0 Å². The van der Waals surface area contributed by atoms with Crippen molar-refractivity contribution in [3.8, 4) is 0 Å². The highest BCUT2D eigenvalue weighted by atomic mass is 16.5. The summed E-state index contributed by atoms with van der Waals surface area (Å²) in [6.45, 7) is 13.4. The molecule has 3 rings (SSSR count).